The van der Waals surface area contributed by atoms with Crippen LogP contribution in [0.3, 0.4) is 0 Å². The molecule has 2 aromatic rings. The number of amides is 1. The number of nitrogens with zero attached hydrogens (tertiary/aromatic N) is 2. The molecule has 0 saturated heterocycles. The van der Waals surface area contributed by atoms with Crippen molar-refractivity contribution in [2.75, 3.05) is 24.5 Å². The van der Waals surface area contributed by atoms with E-state index in [1.807, 2.05) is 4.90 Å². The van der Waals surface area contributed by atoms with Crippen molar-refractivity contribution in [2.45, 2.75) is 51.5 Å². The standard InChI is InChI=1S/C26H30N2O/c1-19(6-4-5-13-27-14-11-20-7-2-3-8-23(20)18-27)24-16-21-9-10-25(29)28-15-12-22(17-24)26(21)28/h2-3,7-8,16-17H,1,4-6,9-15,18H2. The van der Waals surface area contributed by atoms with Crippen molar-refractivity contribution in [2.24, 2.45) is 0 Å². The summed E-state index contributed by atoms with van der Waals surface area (Å²) in [6.07, 6.45) is 7.18. The second-order valence-corrected chi connectivity index (χ2v) is 8.79. The van der Waals surface area contributed by atoms with Crippen LogP contribution in [0, 0.1) is 0 Å². The molecule has 0 aliphatic carbocycles. The molecular formula is C26H30N2O. The van der Waals surface area contributed by atoms with Gasteiger partial charge in [0, 0.05) is 26.1 Å². The Bertz CT molecular complexity index is 961. The molecule has 0 unspecified atom stereocenters. The van der Waals surface area contributed by atoms with Crippen molar-refractivity contribution in [3.05, 3.63) is 70.8 Å². The molecule has 150 valence electrons. The smallest absolute Gasteiger partial charge is 0.227 e. The Kier molecular flexibility index (Phi) is 5.01. The van der Waals surface area contributed by atoms with Gasteiger partial charge in [0.15, 0.2) is 0 Å². The molecule has 0 bridgehead atoms. The first-order valence-electron chi connectivity index (χ1n) is 11.1. The van der Waals surface area contributed by atoms with Crippen LogP contribution in [0.15, 0.2) is 43.0 Å². The molecule has 0 aromatic heterocycles. The van der Waals surface area contributed by atoms with Crippen LogP contribution in [0.4, 0.5) is 5.69 Å². The molecule has 3 aliphatic rings. The van der Waals surface area contributed by atoms with Gasteiger partial charge in [0.1, 0.15) is 0 Å². The summed E-state index contributed by atoms with van der Waals surface area (Å²) in [5, 5.41) is 0. The molecular weight excluding hydrogens is 356 g/mol. The Hall–Kier alpha value is -2.39. The lowest BCUT2D eigenvalue weighted by Gasteiger charge is -2.28. The Labute approximate surface area is 174 Å². The number of benzene rings is 2. The maximum absolute atomic E-state index is 12.1. The average Bonchev–Trinajstić information content (AvgIpc) is 3.19. The zero-order chi connectivity index (χ0) is 19.8. The van der Waals surface area contributed by atoms with Gasteiger partial charge in [-0.25, -0.2) is 0 Å². The third-order valence-electron chi connectivity index (χ3n) is 6.87. The SMILES string of the molecule is C=C(CCCCN1CCc2ccccc2C1)c1cc2c3c(c1)CCN3C(=O)CC2. The number of hydrogen-bond acceptors (Lipinski definition) is 2. The summed E-state index contributed by atoms with van der Waals surface area (Å²) < 4.78 is 0. The molecule has 3 nitrogen and oxygen atoms in total. The lowest BCUT2D eigenvalue weighted by Crippen LogP contribution is -2.32. The third kappa shape index (κ3) is 3.64. The van der Waals surface area contributed by atoms with Crippen molar-refractivity contribution in [3.63, 3.8) is 0 Å². The summed E-state index contributed by atoms with van der Waals surface area (Å²) in [7, 11) is 0. The van der Waals surface area contributed by atoms with Crippen LogP contribution in [0.1, 0.15) is 53.5 Å². The maximum Gasteiger partial charge on any atom is 0.227 e. The van der Waals surface area contributed by atoms with Crippen LogP contribution in [0.25, 0.3) is 5.57 Å². The van der Waals surface area contributed by atoms with Gasteiger partial charge in [-0.05, 0) is 90.6 Å². The summed E-state index contributed by atoms with van der Waals surface area (Å²) in [4.78, 5) is 16.7. The molecule has 29 heavy (non-hydrogen) atoms. The van der Waals surface area contributed by atoms with E-state index < -0.39 is 0 Å². The van der Waals surface area contributed by atoms with Crippen LogP contribution >= 0.6 is 0 Å². The van der Waals surface area contributed by atoms with Gasteiger partial charge in [0.2, 0.25) is 5.91 Å². The Morgan fingerprint density at radius 1 is 0.897 bits per heavy atom. The first-order valence-corrected chi connectivity index (χ1v) is 11.1. The van der Waals surface area contributed by atoms with Crippen molar-refractivity contribution < 1.29 is 4.79 Å². The number of carbonyl (C=O) groups excluding carboxylic acids is 1. The minimum Gasteiger partial charge on any atom is -0.312 e. The van der Waals surface area contributed by atoms with E-state index in [-0.39, 0.29) is 0 Å². The summed E-state index contributed by atoms with van der Waals surface area (Å²) in [6.45, 7) is 8.71. The highest BCUT2D eigenvalue weighted by Crippen LogP contribution is 2.39. The molecule has 0 N–H and O–H groups in total. The highest BCUT2D eigenvalue weighted by molar-refractivity contribution is 5.99. The number of anilines is 1. The van der Waals surface area contributed by atoms with E-state index in [4.69, 9.17) is 0 Å². The monoisotopic (exact) mass is 386 g/mol. The second-order valence-electron chi connectivity index (χ2n) is 8.79. The van der Waals surface area contributed by atoms with Crippen molar-refractivity contribution in [3.8, 4) is 0 Å². The molecule has 0 atom stereocenters. The zero-order valence-electron chi connectivity index (χ0n) is 17.3. The minimum atomic E-state index is 0.295. The molecule has 2 aromatic carbocycles. The van der Waals surface area contributed by atoms with E-state index in [0.717, 1.165) is 32.4 Å². The van der Waals surface area contributed by atoms with E-state index >= 15 is 0 Å². The van der Waals surface area contributed by atoms with E-state index in [1.165, 1.54) is 71.4 Å². The lowest BCUT2D eigenvalue weighted by molar-refractivity contribution is -0.118. The second kappa shape index (κ2) is 7.79. The fourth-order valence-corrected chi connectivity index (χ4v) is 5.23. The Balaban J connectivity index is 1.15. The van der Waals surface area contributed by atoms with Crippen molar-refractivity contribution in [1.29, 1.82) is 0 Å². The van der Waals surface area contributed by atoms with E-state index in [9.17, 15) is 4.79 Å². The van der Waals surface area contributed by atoms with E-state index in [2.05, 4.69) is 47.9 Å². The number of aryl methyl sites for hydroxylation is 1. The Morgan fingerprint density at radius 3 is 2.52 bits per heavy atom. The van der Waals surface area contributed by atoms with Gasteiger partial charge in [0.25, 0.3) is 0 Å². The van der Waals surface area contributed by atoms with Crippen LogP contribution in [-0.4, -0.2) is 30.4 Å². The largest absolute Gasteiger partial charge is 0.312 e. The summed E-state index contributed by atoms with van der Waals surface area (Å²) in [5.41, 5.74) is 9.48. The lowest BCUT2D eigenvalue weighted by atomic mass is 9.92. The van der Waals surface area contributed by atoms with Crippen molar-refractivity contribution in [1.82, 2.24) is 4.90 Å². The average molecular weight is 387 g/mol. The van der Waals surface area contributed by atoms with Gasteiger partial charge in [-0.15, -0.1) is 0 Å². The molecule has 0 fully saturated rings. The molecule has 0 radical (unpaired) electrons. The predicted molar refractivity (Wildman–Crippen MR) is 119 cm³/mol. The van der Waals surface area contributed by atoms with E-state index in [1.54, 1.807) is 0 Å². The fourth-order valence-electron chi connectivity index (χ4n) is 5.23. The number of hydrogen-bond donors (Lipinski definition) is 0. The van der Waals surface area contributed by atoms with Crippen molar-refractivity contribution >= 4 is 17.2 Å². The molecule has 3 heteroatoms. The summed E-state index contributed by atoms with van der Waals surface area (Å²) in [6, 6.07) is 13.5. The van der Waals surface area contributed by atoms with Gasteiger partial charge in [-0.2, -0.15) is 0 Å². The molecule has 5 rings (SSSR count). The molecule has 3 heterocycles. The van der Waals surface area contributed by atoms with Crippen LogP contribution in [-0.2, 0) is 30.6 Å². The van der Waals surface area contributed by atoms with Gasteiger partial charge in [-0.3, -0.25) is 9.69 Å². The summed E-state index contributed by atoms with van der Waals surface area (Å²) >= 11 is 0. The normalized spacial score (nSPS) is 17.9. The topological polar surface area (TPSA) is 23.6 Å². The molecule has 3 aliphatic heterocycles. The number of carbonyl (C=O) groups is 1. The molecule has 0 spiro atoms. The Morgan fingerprint density at radius 2 is 1.66 bits per heavy atom. The first kappa shape index (κ1) is 18.6. The minimum absolute atomic E-state index is 0.295. The zero-order valence-corrected chi connectivity index (χ0v) is 17.3. The van der Waals surface area contributed by atoms with Crippen LogP contribution in [0.2, 0.25) is 0 Å². The highest BCUT2D eigenvalue weighted by Gasteiger charge is 2.31. The van der Waals surface area contributed by atoms with Gasteiger partial charge >= 0.3 is 0 Å². The quantitative estimate of drug-likeness (QED) is 0.668. The predicted octanol–water partition coefficient (Wildman–Crippen LogP) is 4.76. The molecule has 1 amide bonds. The summed E-state index contributed by atoms with van der Waals surface area (Å²) in [5.74, 6) is 0.295. The van der Waals surface area contributed by atoms with Crippen LogP contribution in [0.5, 0.6) is 0 Å². The first-order chi connectivity index (χ1) is 14.2. The number of fused-ring (bicyclic) bond motifs is 1. The number of unbranched alkanes of at least 4 members (excludes halogenated alkanes) is 1. The number of allylic oxidation sites excluding steroid dienone is 1. The number of rotatable bonds is 6. The van der Waals surface area contributed by atoms with Gasteiger partial charge < -0.3 is 4.90 Å². The van der Waals surface area contributed by atoms with E-state index in [0.29, 0.717) is 12.3 Å². The van der Waals surface area contributed by atoms with Crippen LogP contribution < -0.4 is 4.90 Å². The molecule has 0 saturated carbocycles. The van der Waals surface area contributed by atoms with Gasteiger partial charge in [0.05, 0.1) is 5.69 Å². The third-order valence-corrected chi connectivity index (χ3v) is 6.87. The fraction of sp³-hybridized carbons (Fsp3) is 0.423. The maximum atomic E-state index is 12.1. The highest BCUT2D eigenvalue weighted by atomic mass is 16.2. The van der Waals surface area contributed by atoms with Gasteiger partial charge in [-0.1, -0.05) is 30.8 Å².